The van der Waals surface area contributed by atoms with Gasteiger partial charge in [-0.3, -0.25) is 4.79 Å². The first-order valence-corrected chi connectivity index (χ1v) is 9.91. The number of hydrogen-bond donors (Lipinski definition) is 1. The third-order valence-corrected chi connectivity index (χ3v) is 4.70. The van der Waals surface area contributed by atoms with E-state index >= 15 is 0 Å². The zero-order chi connectivity index (χ0) is 21.3. The molecule has 0 fully saturated rings. The fourth-order valence-electron chi connectivity index (χ4n) is 2.73. The van der Waals surface area contributed by atoms with E-state index in [1.165, 1.54) is 6.21 Å². The Morgan fingerprint density at radius 3 is 2.53 bits per heavy atom. The SMILES string of the molecule is COc1ccc(/C=N/NC(=O)c2ccccc2OCc2cccc(Br)c2)cc1OC. The molecule has 0 saturated heterocycles. The molecule has 0 bridgehead atoms. The van der Waals surface area contributed by atoms with Gasteiger partial charge in [-0.2, -0.15) is 5.10 Å². The Morgan fingerprint density at radius 1 is 0.967 bits per heavy atom. The predicted molar refractivity (Wildman–Crippen MR) is 120 cm³/mol. The molecule has 1 N–H and O–H groups in total. The number of amides is 1. The zero-order valence-corrected chi connectivity index (χ0v) is 18.2. The minimum Gasteiger partial charge on any atom is -0.493 e. The average molecular weight is 469 g/mol. The lowest BCUT2D eigenvalue weighted by atomic mass is 10.2. The highest BCUT2D eigenvalue weighted by molar-refractivity contribution is 9.10. The Hall–Kier alpha value is -3.32. The number of hydrazone groups is 1. The van der Waals surface area contributed by atoms with Gasteiger partial charge in [-0.05, 0) is 53.6 Å². The summed E-state index contributed by atoms with van der Waals surface area (Å²) in [6.07, 6.45) is 1.53. The van der Waals surface area contributed by atoms with Crippen LogP contribution in [-0.4, -0.2) is 26.3 Å². The lowest BCUT2D eigenvalue weighted by Gasteiger charge is -2.11. The summed E-state index contributed by atoms with van der Waals surface area (Å²) in [5.74, 6) is 1.32. The summed E-state index contributed by atoms with van der Waals surface area (Å²) in [5.41, 5.74) is 4.68. The molecule has 1 amide bonds. The summed E-state index contributed by atoms with van der Waals surface area (Å²) in [6, 6.07) is 20.2. The summed E-state index contributed by atoms with van der Waals surface area (Å²) in [4.78, 5) is 12.6. The number of halogens is 1. The van der Waals surface area contributed by atoms with Gasteiger partial charge in [0.05, 0.1) is 26.0 Å². The van der Waals surface area contributed by atoms with Crippen molar-refractivity contribution in [1.82, 2.24) is 5.43 Å². The van der Waals surface area contributed by atoms with E-state index in [1.54, 1.807) is 44.6 Å². The Morgan fingerprint density at radius 2 is 1.77 bits per heavy atom. The van der Waals surface area contributed by atoms with Crippen LogP contribution >= 0.6 is 15.9 Å². The van der Waals surface area contributed by atoms with Gasteiger partial charge in [-0.15, -0.1) is 0 Å². The lowest BCUT2D eigenvalue weighted by molar-refractivity contribution is 0.0950. The van der Waals surface area contributed by atoms with Crippen molar-refractivity contribution in [3.63, 3.8) is 0 Å². The van der Waals surface area contributed by atoms with Crippen molar-refractivity contribution < 1.29 is 19.0 Å². The fraction of sp³-hybridized carbons (Fsp3) is 0.130. The summed E-state index contributed by atoms with van der Waals surface area (Å²) in [6.45, 7) is 0.346. The van der Waals surface area contributed by atoms with Crippen LogP contribution in [0.4, 0.5) is 0 Å². The number of methoxy groups -OCH3 is 2. The maximum absolute atomic E-state index is 12.6. The van der Waals surface area contributed by atoms with E-state index in [1.807, 2.05) is 36.4 Å². The Bertz CT molecular complexity index is 1050. The number of benzene rings is 3. The molecule has 7 heteroatoms. The number of para-hydroxylation sites is 1. The van der Waals surface area contributed by atoms with E-state index in [2.05, 4.69) is 26.5 Å². The van der Waals surface area contributed by atoms with E-state index in [4.69, 9.17) is 14.2 Å². The second-order valence-corrected chi connectivity index (χ2v) is 7.14. The van der Waals surface area contributed by atoms with Crippen LogP contribution in [0.15, 0.2) is 76.3 Å². The molecule has 30 heavy (non-hydrogen) atoms. The molecule has 3 aromatic rings. The van der Waals surface area contributed by atoms with Crippen LogP contribution in [0.25, 0.3) is 0 Å². The van der Waals surface area contributed by atoms with Crippen LogP contribution in [0.1, 0.15) is 21.5 Å². The van der Waals surface area contributed by atoms with Crippen LogP contribution < -0.4 is 19.6 Å². The van der Waals surface area contributed by atoms with Crippen molar-refractivity contribution in [2.45, 2.75) is 6.61 Å². The largest absolute Gasteiger partial charge is 0.493 e. The molecule has 0 atom stereocenters. The highest BCUT2D eigenvalue weighted by atomic mass is 79.9. The minimum absolute atomic E-state index is 0.346. The third-order valence-electron chi connectivity index (χ3n) is 4.20. The second-order valence-electron chi connectivity index (χ2n) is 6.23. The molecule has 0 aliphatic carbocycles. The number of ether oxygens (including phenoxy) is 3. The maximum Gasteiger partial charge on any atom is 0.275 e. The molecular weight excluding hydrogens is 448 g/mol. The normalized spacial score (nSPS) is 10.6. The smallest absolute Gasteiger partial charge is 0.275 e. The molecule has 0 spiro atoms. The molecule has 0 unspecified atom stereocenters. The van der Waals surface area contributed by atoms with Crippen molar-refractivity contribution >= 4 is 28.1 Å². The first kappa shape index (κ1) is 21.4. The van der Waals surface area contributed by atoms with Gasteiger partial charge in [-0.1, -0.05) is 40.2 Å². The van der Waals surface area contributed by atoms with Crippen molar-refractivity contribution in [3.8, 4) is 17.2 Å². The van der Waals surface area contributed by atoms with Crippen molar-refractivity contribution in [1.29, 1.82) is 0 Å². The van der Waals surface area contributed by atoms with Crippen LogP contribution in [0, 0.1) is 0 Å². The summed E-state index contributed by atoms with van der Waals surface area (Å²) < 4.78 is 17.3. The molecule has 3 aromatic carbocycles. The summed E-state index contributed by atoms with van der Waals surface area (Å²) in [7, 11) is 3.13. The quantitative estimate of drug-likeness (QED) is 0.380. The van der Waals surface area contributed by atoms with E-state index in [-0.39, 0.29) is 5.91 Å². The minimum atomic E-state index is -0.364. The van der Waals surface area contributed by atoms with E-state index < -0.39 is 0 Å². The molecule has 6 nitrogen and oxygen atoms in total. The van der Waals surface area contributed by atoms with E-state index in [9.17, 15) is 4.79 Å². The van der Waals surface area contributed by atoms with Gasteiger partial charge >= 0.3 is 0 Å². The fourth-order valence-corrected chi connectivity index (χ4v) is 3.17. The van der Waals surface area contributed by atoms with Gasteiger partial charge in [0.25, 0.3) is 5.91 Å². The number of hydrogen-bond acceptors (Lipinski definition) is 5. The Balaban J connectivity index is 1.66. The highest BCUT2D eigenvalue weighted by Gasteiger charge is 2.12. The Labute approximate surface area is 183 Å². The van der Waals surface area contributed by atoms with E-state index in [0.717, 1.165) is 15.6 Å². The van der Waals surface area contributed by atoms with Gasteiger partial charge in [0.2, 0.25) is 0 Å². The monoisotopic (exact) mass is 468 g/mol. The number of carbonyl (C=O) groups is 1. The standard InChI is InChI=1S/C23H21BrN2O4/c1-28-21-11-10-16(13-22(21)29-2)14-25-26-23(27)19-8-3-4-9-20(19)30-15-17-6-5-7-18(24)12-17/h3-14H,15H2,1-2H3,(H,26,27)/b25-14+. The molecule has 154 valence electrons. The molecule has 0 heterocycles. The van der Waals surface area contributed by atoms with Gasteiger partial charge in [0.1, 0.15) is 12.4 Å². The molecule has 0 radical (unpaired) electrons. The topological polar surface area (TPSA) is 69.2 Å². The lowest BCUT2D eigenvalue weighted by Crippen LogP contribution is -2.18. The maximum atomic E-state index is 12.6. The number of nitrogens with one attached hydrogen (secondary N) is 1. The zero-order valence-electron chi connectivity index (χ0n) is 16.6. The first-order valence-electron chi connectivity index (χ1n) is 9.12. The molecule has 3 rings (SSSR count). The van der Waals surface area contributed by atoms with Crippen molar-refractivity contribution in [3.05, 3.63) is 87.9 Å². The number of nitrogens with zero attached hydrogens (tertiary/aromatic N) is 1. The van der Waals surface area contributed by atoms with Crippen LogP contribution in [0.5, 0.6) is 17.2 Å². The highest BCUT2D eigenvalue weighted by Crippen LogP contribution is 2.27. The summed E-state index contributed by atoms with van der Waals surface area (Å²) >= 11 is 3.44. The molecular formula is C23H21BrN2O4. The van der Waals surface area contributed by atoms with Crippen LogP contribution in [0.3, 0.4) is 0 Å². The molecule has 0 aromatic heterocycles. The predicted octanol–water partition coefficient (Wildman–Crippen LogP) is 4.81. The number of carbonyl (C=O) groups excluding carboxylic acids is 1. The van der Waals surface area contributed by atoms with Crippen LogP contribution in [-0.2, 0) is 6.61 Å². The van der Waals surface area contributed by atoms with Gasteiger partial charge in [0, 0.05) is 4.47 Å². The van der Waals surface area contributed by atoms with E-state index in [0.29, 0.717) is 29.4 Å². The van der Waals surface area contributed by atoms with Crippen LogP contribution in [0.2, 0.25) is 0 Å². The van der Waals surface area contributed by atoms with Gasteiger partial charge < -0.3 is 14.2 Å². The van der Waals surface area contributed by atoms with Crippen molar-refractivity contribution in [2.75, 3.05) is 14.2 Å². The molecule has 0 aliphatic rings. The molecule has 0 saturated carbocycles. The Kier molecular flexibility index (Phi) is 7.45. The van der Waals surface area contributed by atoms with Crippen molar-refractivity contribution in [2.24, 2.45) is 5.10 Å². The second kappa shape index (κ2) is 10.5. The van der Waals surface area contributed by atoms with Gasteiger partial charge in [0.15, 0.2) is 11.5 Å². The average Bonchev–Trinajstić information content (AvgIpc) is 2.77. The molecule has 0 aliphatic heterocycles. The number of rotatable bonds is 8. The van der Waals surface area contributed by atoms with Gasteiger partial charge in [-0.25, -0.2) is 5.43 Å². The summed E-state index contributed by atoms with van der Waals surface area (Å²) in [5, 5.41) is 4.04. The first-order chi connectivity index (χ1) is 14.6. The third kappa shape index (κ3) is 5.61.